The zero-order valence-corrected chi connectivity index (χ0v) is 26.6. The van der Waals surface area contributed by atoms with Crippen molar-refractivity contribution in [3.05, 3.63) is 54.1 Å². The molecular formula is C30H42N6O7S. The van der Waals surface area contributed by atoms with Gasteiger partial charge in [-0.3, -0.25) is 10.2 Å². The van der Waals surface area contributed by atoms with E-state index in [1.807, 2.05) is 30.3 Å². The summed E-state index contributed by atoms with van der Waals surface area (Å²) in [6.07, 6.45) is 0.949. The van der Waals surface area contributed by atoms with Crippen molar-refractivity contribution in [2.75, 3.05) is 26.0 Å². The number of carbonyl (C=O) groups excluding carboxylic acids is 2. The number of benzene rings is 2. The third kappa shape index (κ3) is 8.91. The number of nitrogens with zero attached hydrogens (tertiary/aromatic N) is 3. The maximum atomic E-state index is 14.0. The van der Waals surface area contributed by atoms with E-state index >= 15 is 0 Å². The van der Waals surface area contributed by atoms with E-state index in [0.29, 0.717) is 23.9 Å². The van der Waals surface area contributed by atoms with Crippen molar-refractivity contribution in [2.24, 2.45) is 0 Å². The zero-order chi connectivity index (χ0) is 32.1. The summed E-state index contributed by atoms with van der Waals surface area (Å²) in [4.78, 5) is 39.3. The SMILES string of the molecule is CN(C)C(=O)Nc1nc2cc(S(=O)(=O)N(C[C@H](O)[C@H](Cc3ccccc3)NC(=O)OC(C)(C)C)OC3CCCC3)ccc2[nH]1. The van der Waals surface area contributed by atoms with E-state index in [2.05, 4.69) is 20.6 Å². The summed E-state index contributed by atoms with van der Waals surface area (Å²) in [6, 6.07) is 12.3. The highest BCUT2D eigenvalue weighted by atomic mass is 32.2. The van der Waals surface area contributed by atoms with Crippen molar-refractivity contribution in [3.63, 3.8) is 0 Å². The lowest BCUT2D eigenvalue weighted by Crippen LogP contribution is -2.51. The summed E-state index contributed by atoms with van der Waals surface area (Å²) in [5, 5.41) is 16.8. The summed E-state index contributed by atoms with van der Waals surface area (Å²) >= 11 is 0. The first-order chi connectivity index (χ1) is 20.7. The van der Waals surface area contributed by atoms with Crippen molar-refractivity contribution >= 4 is 39.1 Å². The first kappa shape index (κ1) is 33.2. The maximum Gasteiger partial charge on any atom is 0.407 e. The van der Waals surface area contributed by atoms with E-state index in [1.165, 1.54) is 17.0 Å². The monoisotopic (exact) mass is 630 g/mol. The number of hydrogen-bond acceptors (Lipinski definition) is 8. The van der Waals surface area contributed by atoms with Crippen LogP contribution in [-0.4, -0.2) is 89.5 Å². The summed E-state index contributed by atoms with van der Waals surface area (Å²) in [7, 11) is -1.13. The molecular weight excluding hydrogens is 588 g/mol. The predicted molar refractivity (Wildman–Crippen MR) is 165 cm³/mol. The fourth-order valence-electron chi connectivity index (χ4n) is 4.78. The molecule has 1 aliphatic rings. The predicted octanol–water partition coefficient (Wildman–Crippen LogP) is 4.02. The van der Waals surface area contributed by atoms with Crippen LogP contribution in [0.15, 0.2) is 53.4 Å². The Kier molecular flexibility index (Phi) is 10.5. The van der Waals surface area contributed by atoms with E-state index in [1.54, 1.807) is 40.9 Å². The number of urea groups is 1. The molecule has 1 aliphatic carbocycles. The van der Waals surface area contributed by atoms with Crippen molar-refractivity contribution in [3.8, 4) is 0 Å². The van der Waals surface area contributed by atoms with Crippen molar-refractivity contribution < 1.29 is 32.7 Å². The number of hydrogen-bond donors (Lipinski definition) is 4. The van der Waals surface area contributed by atoms with Crippen LogP contribution in [0, 0.1) is 0 Å². The number of aromatic amines is 1. The molecule has 3 aromatic rings. The Morgan fingerprint density at radius 3 is 2.43 bits per heavy atom. The molecule has 0 bridgehead atoms. The number of aromatic nitrogens is 2. The zero-order valence-electron chi connectivity index (χ0n) is 25.7. The van der Waals surface area contributed by atoms with Crippen LogP contribution >= 0.6 is 0 Å². The number of ether oxygens (including phenoxy) is 1. The van der Waals surface area contributed by atoms with Gasteiger partial charge in [-0.15, -0.1) is 0 Å². The standard InChI is InChI=1S/C30H42N6O7S/c1-30(2,3)42-29(39)33-25(17-20-11-7-6-8-12-20)26(37)19-36(43-21-13-9-10-14-21)44(40,41)22-15-16-23-24(18-22)32-27(31-23)34-28(38)35(4)5/h6-8,11-12,15-16,18,21,25-26,37H,9-10,13-14,17,19H2,1-5H3,(H,33,39)(H2,31,32,34,38)/t25-,26-/m0/s1. The Balaban J connectivity index is 1.61. The van der Waals surface area contributed by atoms with Gasteiger partial charge in [-0.05, 0) is 63.8 Å². The smallest absolute Gasteiger partial charge is 0.407 e. The Hall–Kier alpha value is -3.72. The average Bonchev–Trinajstić information content (AvgIpc) is 3.60. The van der Waals surface area contributed by atoms with Crippen LogP contribution in [-0.2, 0) is 26.0 Å². The van der Waals surface area contributed by atoms with Crippen LogP contribution in [0.5, 0.6) is 0 Å². The van der Waals surface area contributed by atoms with Gasteiger partial charge in [0.2, 0.25) is 5.95 Å². The van der Waals surface area contributed by atoms with E-state index in [4.69, 9.17) is 9.57 Å². The first-order valence-corrected chi connectivity index (χ1v) is 16.0. The highest BCUT2D eigenvalue weighted by Crippen LogP contribution is 2.28. The molecule has 240 valence electrons. The average molecular weight is 631 g/mol. The molecule has 44 heavy (non-hydrogen) atoms. The fourth-order valence-corrected chi connectivity index (χ4v) is 6.10. The lowest BCUT2D eigenvalue weighted by molar-refractivity contribution is -0.145. The number of aliphatic hydroxyl groups is 1. The number of imidazole rings is 1. The van der Waals surface area contributed by atoms with Gasteiger partial charge in [-0.1, -0.05) is 47.6 Å². The molecule has 0 unspecified atom stereocenters. The highest BCUT2D eigenvalue weighted by Gasteiger charge is 2.35. The molecule has 1 heterocycles. The summed E-state index contributed by atoms with van der Waals surface area (Å²) < 4.78 is 34.3. The highest BCUT2D eigenvalue weighted by molar-refractivity contribution is 7.89. The molecule has 0 spiro atoms. The minimum Gasteiger partial charge on any atom is -0.444 e. The van der Waals surface area contributed by atoms with Crippen molar-refractivity contribution in [1.82, 2.24) is 24.7 Å². The number of sulfonamides is 1. The first-order valence-electron chi connectivity index (χ1n) is 14.6. The van der Waals surface area contributed by atoms with Gasteiger partial charge in [0.15, 0.2) is 0 Å². The van der Waals surface area contributed by atoms with Gasteiger partial charge in [-0.25, -0.2) is 23.0 Å². The number of rotatable bonds is 11. The van der Waals surface area contributed by atoms with Gasteiger partial charge in [0.05, 0.1) is 40.7 Å². The van der Waals surface area contributed by atoms with Crippen LogP contribution < -0.4 is 10.6 Å². The Morgan fingerprint density at radius 2 is 1.80 bits per heavy atom. The number of amides is 3. The molecule has 13 nitrogen and oxygen atoms in total. The molecule has 4 N–H and O–H groups in total. The van der Waals surface area contributed by atoms with Gasteiger partial charge >= 0.3 is 12.1 Å². The number of anilines is 1. The Bertz CT molecular complexity index is 1530. The maximum absolute atomic E-state index is 14.0. The molecule has 2 atom stereocenters. The fraction of sp³-hybridized carbons (Fsp3) is 0.500. The second-order valence-electron chi connectivity index (χ2n) is 12.1. The van der Waals surface area contributed by atoms with Crippen molar-refractivity contribution in [1.29, 1.82) is 0 Å². The van der Waals surface area contributed by atoms with E-state index in [-0.39, 0.29) is 23.4 Å². The Morgan fingerprint density at radius 1 is 1.11 bits per heavy atom. The van der Waals surface area contributed by atoms with Crippen LogP contribution in [0.2, 0.25) is 0 Å². The molecule has 1 aromatic heterocycles. The summed E-state index contributed by atoms with van der Waals surface area (Å²) in [6.45, 7) is 4.74. The van der Waals surface area contributed by atoms with Crippen LogP contribution in [0.1, 0.15) is 52.0 Å². The number of alkyl carbamates (subject to hydrolysis) is 1. The second-order valence-corrected chi connectivity index (χ2v) is 13.9. The largest absolute Gasteiger partial charge is 0.444 e. The lowest BCUT2D eigenvalue weighted by atomic mass is 10.0. The number of fused-ring (bicyclic) bond motifs is 1. The van der Waals surface area contributed by atoms with Crippen molar-refractivity contribution in [2.45, 2.75) is 81.6 Å². The van der Waals surface area contributed by atoms with Crippen LogP contribution in [0.4, 0.5) is 15.5 Å². The number of H-pyrrole nitrogens is 1. The topological polar surface area (TPSA) is 166 Å². The summed E-state index contributed by atoms with van der Waals surface area (Å²) in [5.74, 6) is 0.166. The van der Waals surface area contributed by atoms with E-state index < -0.39 is 46.4 Å². The third-order valence-corrected chi connectivity index (χ3v) is 8.64. The second kappa shape index (κ2) is 13.9. The van der Waals surface area contributed by atoms with Crippen LogP contribution in [0.3, 0.4) is 0 Å². The van der Waals surface area contributed by atoms with Gasteiger partial charge < -0.3 is 25.0 Å². The molecule has 0 aliphatic heterocycles. The van der Waals surface area contributed by atoms with E-state index in [0.717, 1.165) is 22.9 Å². The van der Waals surface area contributed by atoms with Gasteiger partial charge in [0.1, 0.15) is 5.60 Å². The number of carbonyl (C=O) groups is 2. The lowest BCUT2D eigenvalue weighted by Gasteiger charge is -2.31. The van der Waals surface area contributed by atoms with Crippen LogP contribution in [0.25, 0.3) is 11.0 Å². The minimum atomic E-state index is -4.31. The van der Waals surface area contributed by atoms with E-state index in [9.17, 15) is 23.1 Å². The minimum absolute atomic E-state index is 0.105. The Labute approximate surface area is 257 Å². The van der Waals surface area contributed by atoms with Gasteiger partial charge in [0, 0.05) is 14.1 Å². The number of aliphatic hydroxyl groups excluding tert-OH is 1. The molecule has 14 heteroatoms. The molecule has 1 saturated carbocycles. The molecule has 4 rings (SSSR count). The molecule has 0 saturated heterocycles. The molecule has 2 aromatic carbocycles. The molecule has 0 radical (unpaired) electrons. The normalized spacial score (nSPS) is 15.7. The molecule has 1 fully saturated rings. The quantitative estimate of drug-likeness (QED) is 0.231. The van der Waals surface area contributed by atoms with Gasteiger partial charge in [0.25, 0.3) is 10.0 Å². The summed E-state index contributed by atoms with van der Waals surface area (Å²) in [5.41, 5.74) is 0.897. The molecule has 3 amide bonds. The van der Waals surface area contributed by atoms with Gasteiger partial charge in [-0.2, -0.15) is 0 Å². The number of nitrogens with one attached hydrogen (secondary N) is 3. The third-order valence-electron chi connectivity index (χ3n) is 7.02. The number of hydroxylamine groups is 1.